The highest BCUT2D eigenvalue weighted by atomic mass is 32.2. The van der Waals surface area contributed by atoms with E-state index in [0.717, 1.165) is 22.7 Å². The van der Waals surface area contributed by atoms with Crippen molar-refractivity contribution < 1.29 is 9.59 Å². The van der Waals surface area contributed by atoms with Crippen molar-refractivity contribution in [2.24, 2.45) is 5.92 Å². The summed E-state index contributed by atoms with van der Waals surface area (Å²) in [6.07, 6.45) is 4.76. The van der Waals surface area contributed by atoms with E-state index >= 15 is 0 Å². The summed E-state index contributed by atoms with van der Waals surface area (Å²) in [5.74, 6) is 0.0405. The SMILES string of the molecule is Cc1nc(NC(=O)C2CC(=O)N(C3CCCC3)C2)sc1SCC#N. The molecule has 2 amide bonds. The second-order valence-electron chi connectivity index (χ2n) is 6.21. The lowest BCUT2D eigenvalue weighted by molar-refractivity contribution is -0.129. The molecule has 0 radical (unpaired) electrons. The summed E-state index contributed by atoms with van der Waals surface area (Å²) in [7, 11) is 0. The number of anilines is 1. The second-order valence-corrected chi connectivity index (χ2v) is 8.46. The first-order valence-corrected chi connectivity index (χ1v) is 9.96. The molecule has 0 bridgehead atoms. The average molecular weight is 364 g/mol. The van der Waals surface area contributed by atoms with Gasteiger partial charge in [-0.15, -0.1) is 0 Å². The van der Waals surface area contributed by atoms with Crippen molar-refractivity contribution in [1.29, 1.82) is 5.26 Å². The fraction of sp³-hybridized carbons (Fsp3) is 0.625. The Morgan fingerprint density at radius 1 is 1.50 bits per heavy atom. The summed E-state index contributed by atoms with van der Waals surface area (Å²) in [4.78, 5) is 30.9. The molecule has 1 saturated heterocycles. The Labute approximate surface area is 149 Å². The summed E-state index contributed by atoms with van der Waals surface area (Å²) >= 11 is 2.81. The standard InChI is InChI=1S/C16H20N4O2S2/c1-10-15(23-7-6-17)24-16(18-10)19-14(22)11-8-13(21)20(9-11)12-4-2-3-5-12/h11-12H,2-5,7-9H2,1H3,(H,18,19,22). The van der Waals surface area contributed by atoms with Crippen molar-refractivity contribution in [2.45, 2.75) is 49.3 Å². The number of likely N-dealkylation sites (tertiary alicyclic amines) is 1. The zero-order chi connectivity index (χ0) is 17.1. The van der Waals surface area contributed by atoms with Gasteiger partial charge in [0.25, 0.3) is 0 Å². The predicted molar refractivity (Wildman–Crippen MR) is 93.9 cm³/mol. The van der Waals surface area contributed by atoms with Crippen LogP contribution in [0.15, 0.2) is 4.21 Å². The molecule has 128 valence electrons. The number of thiazole rings is 1. The van der Waals surface area contributed by atoms with Crippen LogP contribution in [0.4, 0.5) is 5.13 Å². The van der Waals surface area contributed by atoms with E-state index in [4.69, 9.17) is 5.26 Å². The maximum atomic E-state index is 12.5. The number of aromatic nitrogens is 1. The molecular weight excluding hydrogens is 344 g/mol. The summed E-state index contributed by atoms with van der Waals surface area (Å²) in [6.45, 7) is 2.39. The predicted octanol–water partition coefficient (Wildman–Crippen LogP) is 2.80. The normalized spacial score (nSPS) is 21.2. The third-order valence-electron chi connectivity index (χ3n) is 4.55. The minimum atomic E-state index is -0.294. The molecule has 2 fully saturated rings. The molecule has 1 N–H and O–H groups in total. The highest BCUT2D eigenvalue weighted by Gasteiger charge is 2.38. The first-order chi connectivity index (χ1) is 11.6. The van der Waals surface area contributed by atoms with E-state index in [1.165, 1.54) is 35.9 Å². The van der Waals surface area contributed by atoms with E-state index in [1.54, 1.807) is 0 Å². The Bertz CT molecular complexity index is 676. The van der Waals surface area contributed by atoms with Crippen molar-refractivity contribution in [1.82, 2.24) is 9.88 Å². The summed E-state index contributed by atoms with van der Waals surface area (Å²) < 4.78 is 0.946. The number of aryl methyl sites for hydroxylation is 1. The Kier molecular flexibility index (Phi) is 5.41. The zero-order valence-electron chi connectivity index (χ0n) is 13.6. The minimum Gasteiger partial charge on any atom is -0.339 e. The van der Waals surface area contributed by atoms with E-state index in [1.807, 2.05) is 11.8 Å². The molecule has 1 atom stereocenters. The van der Waals surface area contributed by atoms with Gasteiger partial charge in [-0.05, 0) is 19.8 Å². The molecule has 8 heteroatoms. The zero-order valence-corrected chi connectivity index (χ0v) is 15.2. The maximum Gasteiger partial charge on any atom is 0.231 e. The van der Waals surface area contributed by atoms with Gasteiger partial charge in [-0.1, -0.05) is 35.9 Å². The van der Waals surface area contributed by atoms with Crippen molar-refractivity contribution >= 4 is 40.0 Å². The lowest BCUT2D eigenvalue weighted by Gasteiger charge is -2.23. The van der Waals surface area contributed by atoms with Crippen LogP contribution in [0.2, 0.25) is 0 Å². The number of amides is 2. The van der Waals surface area contributed by atoms with Crippen LogP contribution in [0.25, 0.3) is 0 Å². The number of nitrogens with one attached hydrogen (secondary N) is 1. The molecule has 0 aromatic carbocycles. The van der Waals surface area contributed by atoms with Gasteiger partial charge in [0, 0.05) is 19.0 Å². The van der Waals surface area contributed by atoms with Gasteiger partial charge in [0.05, 0.1) is 27.6 Å². The third kappa shape index (κ3) is 3.73. The molecule has 2 aliphatic rings. The molecule has 1 aliphatic carbocycles. The summed E-state index contributed by atoms with van der Waals surface area (Å²) in [5, 5.41) is 12.1. The number of nitrogens with zero attached hydrogens (tertiary/aromatic N) is 3. The van der Waals surface area contributed by atoms with E-state index < -0.39 is 0 Å². The van der Waals surface area contributed by atoms with Gasteiger partial charge in [-0.2, -0.15) is 5.26 Å². The van der Waals surface area contributed by atoms with Crippen LogP contribution in [-0.4, -0.2) is 40.0 Å². The van der Waals surface area contributed by atoms with Crippen molar-refractivity contribution in [3.8, 4) is 6.07 Å². The van der Waals surface area contributed by atoms with Crippen LogP contribution >= 0.6 is 23.1 Å². The molecule has 3 rings (SSSR count). The van der Waals surface area contributed by atoms with Gasteiger partial charge < -0.3 is 10.2 Å². The lowest BCUT2D eigenvalue weighted by atomic mass is 10.1. The number of carbonyl (C=O) groups is 2. The molecule has 2 heterocycles. The van der Waals surface area contributed by atoms with Crippen LogP contribution in [0.5, 0.6) is 0 Å². The molecule has 1 aromatic rings. The fourth-order valence-corrected chi connectivity index (χ4v) is 5.15. The van der Waals surface area contributed by atoms with Gasteiger partial charge in [0.1, 0.15) is 0 Å². The lowest BCUT2D eigenvalue weighted by Crippen LogP contribution is -2.35. The van der Waals surface area contributed by atoms with Crippen molar-refractivity contribution in [3.63, 3.8) is 0 Å². The molecule has 6 nitrogen and oxygen atoms in total. The molecular formula is C16H20N4O2S2. The fourth-order valence-electron chi connectivity index (χ4n) is 3.35. The monoisotopic (exact) mass is 364 g/mol. The smallest absolute Gasteiger partial charge is 0.231 e. The molecule has 24 heavy (non-hydrogen) atoms. The van der Waals surface area contributed by atoms with E-state index in [0.29, 0.717) is 29.9 Å². The van der Waals surface area contributed by atoms with Gasteiger partial charge in [0.2, 0.25) is 11.8 Å². The van der Waals surface area contributed by atoms with Gasteiger partial charge >= 0.3 is 0 Å². The molecule has 1 aliphatic heterocycles. The van der Waals surface area contributed by atoms with Crippen LogP contribution in [0.3, 0.4) is 0 Å². The number of thioether (sulfide) groups is 1. The number of carbonyl (C=O) groups excluding carboxylic acids is 2. The number of nitriles is 1. The van der Waals surface area contributed by atoms with Gasteiger partial charge in [0.15, 0.2) is 5.13 Å². The number of hydrogen-bond donors (Lipinski definition) is 1. The van der Waals surface area contributed by atoms with Crippen LogP contribution in [0.1, 0.15) is 37.8 Å². The molecule has 1 unspecified atom stereocenters. The van der Waals surface area contributed by atoms with Gasteiger partial charge in [-0.25, -0.2) is 4.98 Å². The number of rotatable bonds is 5. The topological polar surface area (TPSA) is 86.1 Å². The van der Waals surface area contributed by atoms with Gasteiger partial charge in [-0.3, -0.25) is 9.59 Å². The largest absolute Gasteiger partial charge is 0.339 e. The van der Waals surface area contributed by atoms with Crippen molar-refractivity contribution in [2.75, 3.05) is 17.6 Å². The van der Waals surface area contributed by atoms with E-state index in [9.17, 15) is 9.59 Å². The Balaban J connectivity index is 1.59. The Morgan fingerprint density at radius 3 is 2.96 bits per heavy atom. The third-order valence-corrected chi connectivity index (χ3v) is 6.85. The van der Waals surface area contributed by atoms with Crippen molar-refractivity contribution in [3.05, 3.63) is 5.69 Å². The van der Waals surface area contributed by atoms with Crippen LogP contribution in [0, 0.1) is 24.2 Å². The molecule has 0 spiro atoms. The summed E-state index contributed by atoms with van der Waals surface area (Å²) in [6, 6.07) is 2.41. The van der Waals surface area contributed by atoms with Crippen LogP contribution < -0.4 is 5.32 Å². The quantitative estimate of drug-likeness (QED) is 0.812. The molecule has 1 aromatic heterocycles. The van der Waals surface area contributed by atoms with Crippen LogP contribution in [-0.2, 0) is 9.59 Å². The Morgan fingerprint density at radius 2 is 2.25 bits per heavy atom. The average Bonchev–Trinajstić information content (AvgIpc) is 3.25. The first-order valence-electron chi connectivity index (χ1n) is 8.16. The van der Waals surface area contributed by atoms with E-state index in [-0.39, 0.29) is 17.7 Å². The highest BCUT2D eigenvalue weighted by Crippen LogP contribution is 2.33. The first kappa shape index (κ1) is 17.2. The Hall–Kier alpha value is -1.59. The highest BCUT2D eigenvalue weighted by molar-refractivity contribution is 8.01. The number of hydrogen-bond acceptors (Lipinski definition) is 6. The maximum absolute atomic E-state index is 12.5. The minimum absolute atomic E-state index is 0.0997. The van der Waals surface area contributed by atoms with E-state index in [2.05, 4.69) is 16.4 Å². The molecule has 1 saturated carbocycles. The second kappa shape index (κ2) is 7.53. The summed E-state index contributed by atoms with van der Waals surface area (Å²) in [5.41, 5.74) is 0.825.